The Balaban J connectivity index is 1.99. The number of benzene rings is 1. The molecule has 0 aliphatic carbocycles. The molecule has 1 aromatic rings. The molecular weight excluding hydrogens is 310 g/mol. The van der Waals surface area contributed by atoms with E-state index in [0.29, 0.717) is 17.4 Å². The molecule has 0 spiro atoms. The van der Waals surface area contributed by atoms with Crippen LogP contribution in [0.2, 0.25) is 0 Å². The first-order valence-corrected chi connectivity index (χ1v) is 9.18. The van der Waals surface area contributed by atoms with Crippen molar-refractivity contribution in [2.24, 2.45) is 5.73 Å². The van der Waals surface area contributed by atoms with Gasteiger partial charge in [0.05, 0.1) is 0 Å². The van der Waals surface area contributed by atoms with Crippen molar-refractivity contribution in [1.82, 2.24) is 10.2 Å². The number of carbonyl (C=O) groups excluding carboxylic acids is 2. The van der Waals surface area contributed by atoms with Gasteiger partial charge in [-0.15, -0.1) is 0 Å². The fourth-order valence-electron chi connectivity index (χ4n) is 2.80. The van der Waals surface area contributed by atoms with Crippen LogP contribution in [0.4, 0.5) is 4.79 Å². The minimum absolute atomic E-state index is 0.100. The van der Waals surface area contributed by atoms with E-state index < -0.39 is 6.03 Å². The molecule has 3 N–H and O–H groups in total. The number of rotatable bonds is 5. The van der Waals surface area contributed by atoms with Crippen molar-refractivity contribution in [3.05, 3.63) is 35.4 Å². The van der Waals surface area contributed by atoms with Crippen molar-refractivity contribution in [2.45, 2.75) is 38.0 Å². The average molecular weight is 335 g/mol. The lowest BCUT2D eigenvalue weighted by molar-refractivity contribution is 0.0763. The second kappa shape index (κ2) is 8.82. The Labute approximate surface area is 142 Å². The first-order chi connectivity index (χ1) is 11.1. The van der Waals surface area contributed by atoms with Gasteiger partial charge >= 0.3 is 6.03 Å². The molecule has 1 aliphatic rings. The molecule has 23 heavy (non-hydrogen) atoms. The van der Waals surface area contributed by atoms with E-state index in [2.05, 4.69) is 12.2 Å². The van der Waals surface area contributed by atoms with Crippen LogP contribution in [0.3, 0.4) is 0 Å². The van der Waals surface area contributed by atoms with Crippen LogP contribution in [0.5, 0.6) is 0 Å². The van der Waals surface area contributed by atoms with Crippen molar-refractivity contribution >= 4 is 23.7 Å². The van der Waals surface area contributed by atoms with E-state index in [1.807, 2.05) is 40.9 Å². The van der Waals surface area contributed by atoms with Crippen LogP contribution < -0.4 is 11.1 Å². The van der Waals surface area contributed by atoms with Crippen LogP contribution in [0.15, 0.2) is 24.3 Å². The summed E-state index contributed by atoms with van der Waals surface area (Å²) in [6.45, 7) is 4.22. The smallest absolute Gasteiger partial charge is 0.312 e. The van der Waals surface area contributed by atoms with Crippen LogP contribution >= 0.6 is 11.8 Å². The Bertz CT molecular complexity index is 533. The molecule has 1 saturated heterocycles. The fraction of sp³-hybridized carbons (Fsp3) is 0.529. The first-order valence-electron chi connectivity index (χ1n) is 8.13. The van der Waals surface area contributed by atoms with Crippen LogP contribution in [-0.4, -0.2) is 40.9 Å². The lowest BCUT2D eigenvalue weighted by Gasteiger charge is -2.24. The average Bonchev–Trinajstić information content (AvgIpc) is 2.79. The quantitative estimate of drug-likeness (QED) is 0.868. The molecule has 126 valence electrons. The molecule has 1 unspecified atom stereocenters. The zero-order chi connectivity index (χ0) is 16.7. The van der Waals surface area contributed by atoms with Crippen molar-refractivity contribution in [1.29, 1.82) is 0 Å². The van der Waals surface area contributed by atoms with Gasteiger partial charge < -0.3 is 16.0 Å². The maximum Gasteiger partial charge on any atom is 0.312 e. The predicted octanol–water partition coefficient (Wildman–Crippen LogP) is 2.60. The van der Waals surface area contributed by atoms with E-state index in [0.717, 1.165) is 30.8 Å². The highest BCUT2D eigenvalue weighted by atomic mass is 32.2. The largest absolute Gasteiger partial charge is 0.352 e. The van der Waals surface area contributed by atoms with Gasteiger partial charge in [-0.05, 0) is 36.3 Å². The van der Waals surface area contributed by atoms with Crippen molar-refractivity contribution in [3.63, 3.8) is 0 Å². The lowest BCUT2D eigenvalue weighted by Crippen LogP contribution is -2.35. The SMILES string of the molecule is CCSC1CCCCN(C(=O)c2ccc(CNC(N)=O)cc2)C1. The maximum atomic E-state index is 12.7. The minimum Gasteiger partial charge on any atom is -0.352 e. The molecule has 6 heteroatoms. The third-order valence-electron chi connectivity index (χ3n) is 3.99. The number of urea groups is 1. The number of thioether (sulfide) groups is 1. The van der Waals surface area contributed by atoms with Gasteiger partial charge in [0.1, 0.15) is 0 Å². The summed E-state index contributed by atoms with van der Waals surface area (Å²) < 4.78 is 0. The summed E-state index contributed by atoms with van der Waals surface area (Å²) in [5, 5.41) is 3.09. The zero-order valence-corrected chi connectivity index (χ0v) is 14.4. The number of hydrogen-bond acceptors (Lipinski definition) is 3. The van der Waals surface area contributed by atoms with E-state index in [1.54, 1.807) is 0 Å². The van der Waals surface area contributed by atoms with Gasteiger partial charge in [-0.25, -0.2) is 4.79 Å². The van der Waals surface area contributed by atoms with Gasteiger partial charge in [-0.3, -0.25) is 4.79 Å². The van der Waals surface area contributed by atoms with Crippen molar-refractivity contribution < 1.29 is 9.59 Å². The molecule has 0 saturated carbocycles. The molecule has 0 radical (unpaired) electrons. The second-order valence-corrected chi connectivity index (χ2v) is 7.32. The van der Waals surface area contributed by atoms with Gasteiger partial charge in [0.2, 0.25) is 0 Å². The second-order valence-electron chi connectivity index (χ2n) is 5.74. The molecule has 1 aromatic carbocycles. The van der Waals surface area contributed by atoms with Gasteiger partial charge in [0.15, 0.2) is 0 Å². The van der Waals surface area contributed by atoms with E-state index in [-0.39, 0.29) is 5.91 Å². The Kier molecular flexibility index (Phi) is 6.77. The lowest BCUT2D eigenvalue weighted by atomic mass is 10.1. The molecule has 1 heterocycles. The number of carbonyl (C=O) groups is 2. The molecule has 0 bridgehead atoms. The Hall–Kier alpha value is -1.69. The highest BCUT2D eigenvalue weighted by Crippen LogP contribution is 2.23. The molecule has 3 amide bonds. The van der Waals surface area contributed by atoms with Crippen LogP contribution in [0.1, 0.15) is 42.1 Å². The molecule has 2 rings (SSSR count). The van der Waals surface area contributed by atoms with E-state index >= 15 is 0 Å². The van der Waals surface area contributed by atoms with E-state index in [1.165, 1.54) is 12.8 Å². The van der Waals surface area contributed by atoms with Gasteiger partial charge in [0, 0.05) is 30.4 Å². The number of hydrogen-bond donors (Lipinski definition) is 2. The number of likely N-dealkylation sites (tertiary alicyclic amines) is 1. The Morgan fingerprint density at radius 1 is 1.30 bits per heavy atom. The standard InChI is InChI=1S/C17H25N3O2S/c1-2-23-15-5-3-4-10-20(12-15)16(21)14-8-6-13(7-9-14)11-19-17(18)22/h6-9,15H,2-5,10-12H2,1H3,(H3,18,19,22). The Morgan fingerprint density at radius 3 is 2.70 bits per heavy atom. The zero-order valence-electron chi connectivity index (χ0n) is 13.6. The highest BCUT2D eigenvalue weighted by Gasteiger charge is 2.22. The molecule has 1 fully saturated rings. The first kappa shape index (κ1) is 17.7. The summed E-state index contributed by atoms with van der Waals surface area (Å²) >= 11 is 1.95. The summed E-state index contributed by atoms with van der Waals surface area (Å²) in [4.78, 5) is 25.4. The summed E-state index contributed by atoms with van der Waals surface area (Å²) in [5.41, 5.74) is 6.69. The van der Waals surface area contributed by atoms with Crippen molar-refractivity contribution in [3.8, 4) is 0 Å². The monoisotopic (exact) mass is 335 g/mol. The summed E-state index contributed by atoms with van der Waals surface area (Å²) in [5.74, 6) is 1.19. The third-order valence-corrected chi connectivity index (χ3v) is 5.17. The Morgan fingerprint density at radius 2 is 2.04 bits per heavy atom. The van der Waals surface area contributed by atoms with Gasteiger partial charge in [-0.2, -0.15) is 11.8 Å². The van der Waals surface area contributed by atoms with Crippen LogP contribution in [0.25, 0.3) is 0 Å². The van der Waals surface area contributed by atoms with Crippen LogP contribution in [0, 0.1) is 0 Å². The number of amides is 3. The number of nitrogens with one attached hydrogen (secondary N) is 1. The van der Waals surface area contributed by atoms with E-state index in [9.17, 15) is 9.59 Å². The fourth-order valence-corrected chi connectivity index (χ4v) is 3.89. The maximum absolute atomic E-state index is 12.7. The molecule has 1 atom stereocenters. The molecule has 1 aliphatic heterocycles. The topological polar surface area (TPSA) is 75.4 Å². The third kappa shape index (κ3) is 5.46. The summed E-state index contributed by atoms with van der Waals surface area (Å²) in [6.07, 6.45) is 3.46. The normalized spacial score (nSPS) is 18.3. The number of primary amides is 1. The predicted molar refractivity (Wildman–Crippen MR) is 94.5 cm³/mol. The molecule has 0 aromatic heterocycles. The van der Waals surface area contributed by atoms with Crippen LogP contribution in [-0.2, 0) is 6.54 Å². The van der Waals surface area contributed by atoms with Gasteiger partial charge in [-0.1, -0.05) is 25.5 Å². The highest BCUT2D eigenvalue weighted by molar-refractivity contribution is 7.99. The number of nitrogens with zero attached hydrogens (tertiary/aromatic N) is 1. The molecular formula is C17H25N3O2S. The number of nitrogens with two attached hydrogens (primary N) is 1. The van der Waals surface area contributed by atoms with E-state index in [4.69, 9.17) is 5.73 Å². The summed E-state index contributed by atoms with van der Waals surface area (Å²) in [7, 11) is 0. The summed E-state index contributed by atoms with van der Waals surface area (Å²) in [6, 6.07) is 6.83. The minimum atomic E-state index is -0.547. The molecule has 5 nitrogen and oxygen atoms in total. The van der Waals surface area contributed by atoms with Gasteiger partial charge in [0.25, 0.3) is 5.91 Å². The van der Waals surface area contributed by atoms with Crippen molar-refractivity contribution in [2.75, 3.05) is 18.8 Å².